The minimum Gasteiger partial charge on any atom is -0.465 e. The van der Waals surface area contributed by atoms with Crippen LogP contribution in [0.1, 0.15) is 24.2 Å². The summed E-state index contributed by atoms with van der Waals surface area (Å²) < 4.78 is 4.56. The lowest BCUT2D eigenvalue weighted by atomic mass is 10.2. The molecule has 0 aromatic heterocycles. The number of hydrogen-bond acceptors (Lipinski definition) is 4. The van der Waals surface area contributed by atoms with Crippen molar-refractivity contribution in [2.45, 2.75) is 13.8 Å². The second-order valence-corrected chi connectivity index (χ2v) is 3.42. The van der Waals surface area contributed by atoms with Gasteiger partial charge < -0.3 is 4.74 Å². The maximum Gasteiger partial charge on any atom is 0.337 e. The summed E-state index contributed by atoms with van der Waals surface area (Å²) in [7, 11) is 1.27. The summed E-state index contributed by atoms with van der Waals surface area (Å²) in [4.78, 5) is 35.0. The van der Waals surface area contributed by atoms with Crippen molar-refractivity contribution >= 4 is 23.5 Å². The molecular weight excluding hydrogens is 222 g/mol. The van der Waals surface area contributed by atoms with Gasteiger partial charge in [0, 0.05) is 13.8 Å². The minimum atomic E-state index is -0.515. The van der Waals surface area contributed by atoms with Gasteiger partial charge in [0.05, 0.1) is 18.4 Å². The molecule has 0 atom stereocenters. The lowest BCUT2D eigenvalue weighted by Gasteiger charge is -2.17. The van der Waals surface area contributed by atoms with Crippen molar-refractivity contribution < 1.29 is 19.1 Å². The Morgan fingerprint density at radius 2 is 1.71 bits per heavy atom. The van der Waals surface area contributed by atoms with E-state index in [1.165, 1.54) is 27.0 Å². The molecule has 0 spiro atoms. The third kappa shape index (κ3) is 2.90. The van der Waals surface area contributed by atoms with Gasteiger partial charge in [-0.15, -0.1) is 0 Å². The van der Waals surface area contributed by atoms with Gasteiger partial charge in [-0.2, -0.15) is 0 Å². The molecule has 90 valence electrons. The van der Waals surface area contributed by atoms with Crippen molar-refractivity contribution in [1.82, 2.24) is 0 Å². The number of nitrogens with zero attached hydrogens (tertiary/aromatic N) is 1. The summed E-state index contributed by atoms with van der Waals surface area (Å²) in [5.74, 6) is -1.32. The maximum absolute atomic E-state index is 11.3. The molecule has 1 aromatic rings. The molecule has 0 radical (unpaired) electrons. The first-order valence-corrected chi connectivity index (χ1v) is 4.97. The van der Waals surface area contributed by atoms with E-state index < -0.39 is 17.8 Å². The average Bonchev–Trinajstić information content (AvgIpc) is 2.27. The number of carbonyl (C=O) groups is 3. The first-order valence-electron chi connectivity index (χ1n) is 4.97. The third-order valence-electron chi connectivity index (χ3n) is 2.16. The zero-order valence-corrected chi connectivity index (χ0v) is 9.89. The van der Waals surface area contributed by atoms with Crippen LogP contribution < -0.4 is 4.90 Å². The summed E-state index contributed by atoms with van der Waals surface area (Å²) in [6, 6.07) is 6.15. The molecule has 5 heteroatoms. The molecular formula is C12H13NO4. The van der Waals surface area contributed by atoms with Crippen molar-refractivity contribution in [1.29, 1.82) is 0 Å². The van der Waals surface area contributed by atoms with Crippen LogP contribution in [-0.4, -0.2) is 24.9 Å². The molecule has 17 heavy (non-hydrogen) atoms. The summed E-state index contributed by atoms with van der Waals surface area (Å²) in [6.07, 6.45) is 0. The molecule has 0 aliphatic carbocycles. The van der Waals surface area contributed by atoms with E-state index in [1.54, 1.807) is 18.2 Å². The molecule has 0 aliphatic heterocycles. The van der Waals surface area contributed by atoms with Crippen LogP contribution in [-0.2, 0) is 14.3 Å². The lowest BCUT2D eigenvalue weighted by Crippen LogP contribution is -2.33. The Bertz CT molecular complexity index is 453. The van der Waals surface area contributed by atoms with Crippen LogP contribution in [0.15, 0.2) is 24.3 Å². The molecule has 1 aromatic carbocycles. The van der Waals surface area contributed by atoms with E-state index in [1.807, 2.05) is 0 Å². The Hall–Kier alpha value is -2.17. The van der Waals surface area contributed by atoms with E-state index in [0.717, 1.165) is 4.90 Å². The van der Waals surface area contributed by atoms with E-state index in [0.29, 0.717) is 5.69 Å². The Morgan fingerprint density at radius 3 is 2.18 bits per heavy atom. The lowest BCUT2D eigenvalue weighted by molar-refractivity contribution is -0.124. The standard InChI is InChI=1S/C12H13NO4/c1-8(14)13(9(2)15)11-6-4-5-10(7-11)12(16)17-3/h4-7H,1-3H3. The highest BCUT2D eigenvalue weighted by Crippen LogP contribution is 2.17. The number of methoxy groups -OCH3 is 1. The van der Waals surface area contributed by atoms with Crippen molar-refractivity contribution in [3.63, 3.8) is 0 Å². The van der Waals surface area contributed by atoms with Gasteiger partial charge >= 0.3 is 5.97 Å². The molecule has 0 bridgehead atoms. The summed E-state index contributed by atoms with van der Waals surface area (Å²) in [6.45, 7) is 2.57. The van der Waals surface area contributed by atoms with Gasteiger partial charge in [0.15, 0.2) is 0 Å². The van der Waals surface area contributed by atoms with Crippen molar-refractivity contribution in [3.05, 3.63) is 29.8 Å². The van der Waals surface area contributed by atoms with E-state index in [9.17, 15) is 14.4 Å². The van der Waals surface area contributed by atoms with E-state index >= 15 is 0 Å². The Balaban J connectivity index is 3.17. The first-order chi connectivity index (χ1) is 7.97. The fraction of sp³-hybridized carbons (Fsp3) is 0.250. The molecule has 2 amide bonds. The van der Waals surface area contributed by atoms with E-state index in [2.05, 4.69) is 4.74 Å². The molecule has 0 unspecified atom stereocenters. The molecule has 0 aliphatic rings. The Morgan fingerprint density at radius 1 is 1.12 bits per heavy atom. The third-order valence-corrected chi connectivity index (χ3v) is 2.16. The van der Waals surface area contributed by atoms with Crippen molar-refractivity contribution in [2.75, 3.05) is 12.0 Å². The summed E-state index contributed by atoms with van der Waals surface area (Å²) in [5.41, 5.74) is 0.644. The first kappa shape index (κ1) is 12.9. The van der Waals surface area contributed by atoms with Gasteiger partial charge in [0.2, 0.25) is 11.8 Å². The predicted molar refractivity (Wildman–Crippen MR) is 61.6 cm³/mol. The van der Waals surface area contributed by atoms with Crippen LogP contribution in [0.5, 0.6) is 0 Å². The van der Waals surface area contributed by atoms with Crippen LogP contribution >= 0.6 is 0 Å². The predicted octanol–water partition coefficient (Wildman–Crippen LogP) is 1.37. The summed E-state index contributed by atoms with van der Waals surface area (Å²) >= 11 is 0. The highest BCUT2D eigenvalue weighted by atomic mass is 16.5. The fourth-order valence-electron chi connectivity index (χ4n) is 1.48. The number of rotatable bonds is 2. The second kappa shape index (κ2) is 5.25. The smallest absolute Gasteiger partial charge is 0.337 e. The van der Waals surface area contributed by atoms with Crippen molar-refractivity contribution in [3.8, 4) is 0 Å². The number of esters is 1. The van der Waals surface area contributed by atoms with Crippen LogP contribution in [0.25, 0.3) is 0 Å². The average molecular weight is 235 g/mol. The number of imide groups is 1. The van der Waals surface area contributed by atoms with Gasteiger partial charge in [-0.3, -0.25) is 14.5 Å². The van der Waals surface area contributed by atoms with Crippen LogP contribution in [0.3, 0.4) is 0 Å². The highest BCUT2D eigenvalue weighted by Gasteiger charge is 2.17. The number of carbonyl (C=O) groups excluding carboxylic acids is 3. The molecule has 0 fully saturated rings. The summed E-state index contributed by atoms with van der Waals surface area (Å²) in [5, 5.41) is 0. The molecule has 0 N–H and O–H groups in total. The zero-order valence-electron chi connectivity index (χ0n) is 9.89. The molecule has 1 rings (SSSR count). The Kier molecular flexibility index (Phi) is 3.98. The Labute approximate surface area is 99.0 Å². The van der Waals surface area contributed by atoms with Crippen LogP contribution in [0, 0.1) is 0 Å². The molecule has 0 heterocycles. The number of amides is 2. The van der Waals surface area contributed by atoms with Gasteiger partial charge in [-0.05, 0) is 18.2 Å². The minimum absolute atomic E-state index is 0.289. The maximum atomic E-state index is 11.3. The monoisotopic (exact) mass is 235 g/mol. The number of anilines is 1. The van der Waals surface area contributed by atoms with E-state index in [4.69, 9.17) is 0 Å². The highest BCUT2D eigenvalue weighted by molar-refractivity contribution is 6.13. The fourth-order valence-corrected chi connectivity index (χ4v) is 1.48. The quantitative estimate of drug-likeness (QED) is 0.726. The number of benzene rings is 1. The molecule has 0 saturated heterocycles. The van der Waals surface area contributed by atoms with Crippen molar-refractivity contribution in [2.24, 2.45) is 0 Å². The normalized spacial score (nSPS) is 9.59. The number of ether oxygens (including phenoxy) is 1. The topological polar surface area (TPSA) is 63.7 Å². The van der Waals surface area contributed by atoms with Crippen LogP contribution in [0.4, 0.5) is 5.69 Å². The van der Waals surface area contributed by atoms with Gasteiger partial charge in [-0.25, -0.2) is 4.79 Å². The second-order valence-electron chi connectivity index (χ2n) is 3.42. The number of hydrogen-bond donors (Lipinski definition) is 0. The van der Waals surface area contributed by atoms with Gasteiger partial charge in [0.1, 0.15) is 0 Å². The largest absolute Gasteiger partial charge is 0.465 e. The van der Waals surface area contributed by atoms with E-state index in [-0.39, 0.29) is 5.56 Å². The molecule has 0 saturated carbocycles. The van der Waals surface area contributed by atoms with Crippen LogP contribution in [0.2, 0.25) is 0 Å². The van der Waals surface area contributed by atoms with Gasteiger partial charge in [0.25, 0.3) is 0 Å². The molecule has 5 nitrogen and oxygen atoms in total. The SMILES string of the molecule is COC(=O)c1cccc(N(C(C)=O)C(C)=O)c1. The van der Waals surface area contributed by atoms with Gasteiger partial charge in [-0.1, -0.05) is 6.07 Å². The zero-order chi connectivity index (χ0) is 13.0.